The Hall–Kier alpha value is -0.970. The zero-order valence-electron chi connectivity index (χ0n) is 10.3. The van der Waals surface area contributed by atoms with Crippen LogP contribution in [-0.4, -0.2) is 32.6 Å². The predicted molar refractivity (Wildman–Crippen MR) is 67.7 cm³/mol. The topological polar surface area (TPSA) is 44.8 Å². The Morgan fingerprint density at radius 3 is 2.18 bits per heavy atom. The summed E-state index contributed by atoms with van der Waals surface area (Å²) in [5.74, 6) is 1.13. The van der Waals surface area contributed by atoms with E-state index in [0.717, 1.165) is 11.5 Å². The van der Waals surface area contributed by atoms with Crippen LogP contribution in [0.2, 0.25) is 0 Å². The van der Waals surface area contributed by atoms with E-state index in [1.807, 2.05) is 12.2 Å². The van der Waals surface area contributed by atoms with Crippen LogP contribution in [0.3, 0.4) is 0 Å². The van der Waals surface area contributed by atoms with Gasteiger partial charge in [-0.05, 0) is 18.6 Å². The van der Waals surface area contributed by atoms with E-state index >= 15 is 0 Å². The standard InChI is InChI=1S/C12H17BrO4/c1-15-9-6-10(16-2)8-12(7-9,4-5-13)11(14)17-3/h7-8H,4-6H2,1-3H3. The summed E-state index contributed by atoms with van der Waals surface area (Å²) in [5.41, 5.74) is -0.798. The molecule has 0 spiro atoms. The van der Waals surface area contributed by atoms with Crippen molar-refractivity contribution in [1.29, 1.82) is 0 Å². The van der Waals surface area contributed by atoms with Gasteiger partial charge in [0, 0.05) is 5.33 Å². The van der Waals surface area contributed by atoms with Crippen molar-refractivity contribution in [3.63, 3.8) is 0 Å². The van der Waals surface area contributed by atoms with Gasteiger partial charge in [-0.25, -0.2) is 0 Å². The molecule has 0 fully saturated rings. The van der Waals surface area contributed by atoms with Crippen molar-refractivity contribution in [1.82, 2.24) is 0 Å². The number of hydrogen-bond donors (Lipinski definition) is 0. The molecule has 0 bridgehead atoms. The summed E-state index contributed by atoms with van der Waals surface area (Å²) in [6.07, 6.45) is 4.78. The normalized spacial score (nSPS) is 17.9. The molecule has 0 radical (unpaired) electrons. The Morgan fingerprint density at radius 2 is 1.82 bits per heavy atom. The molecule has 0 aromatic heterocycles. The highest BCUT2D eigenvalue weighted by Gasteiger charge is 2.39. The Balaban J connectivity index is 3.15. The zero-order chi connectivity index (χ0) is 12.9. The maximum atomic E-state index is 12.0. The average Bonchev–Trinajstić information content (AvgIpc) is 2.37. The van der Waals surface area contributed by atoms with E-state index in [1.165, 1.54) is 7.11 Å². The van der Waals surface area contributed by atoms with Crippen LogP contribution in [-0.2, 0) is 19.0 Å². The summed E-state index contributed by atoms with van der Waals surface area (Å²) in [7, 11) is 4.55. The van der Waals surface area contributed by atoms with Crippen LogP contribution in [0.4, 0.5) is 0 Å². The summed E-state index contributed by atoms with van der Waals surface area (Å²) < 4.78 is 15.3. The molecule has 0 unspecified atom stereocenters. The summed E-state index contributed by atoms with van der Waals surface area (Å²) in [4.78, 5) is 12.0. The number of methoxy groups -OCH3 is 3. The minimum absolute atomic E-state index is 0.305. The van der Waals surface area contributed by atoms with Crippen LogP contribution in [0.25, 0.3) is 0 Å². The number of carbonyl (C=O) groups excluding carboxylic acids is 1. The Morgan fingerprint density at radius 1 is 1.29 bits per heavy atom. The van der Waals surface area contributed by atoms with Gasteiger partial charge < -0.3 is 14.2 Å². The highest BCUT2D eigenvalue weighted by Crippen LogP contribution is 2.37. The SMILES string of the molecule is COC(=O)C1(CCBr)C=C(OC)CC(OC)=C1. The molecule has 17 heavy (non-hydrogen) atoms. The quantitative estimate of drug-likeness (QED) is 0.578. The molecule has 1 rings (SSSR count). The fraction of sp³-hybridized carbons (Fsp3) is 0.583. The Kier molecular flexibility index (Phi) is 5.05. The molecule has 96 valence electrons. The van der Waals surface area contributed by atoms with Gasteiger partial charge in [-0.3, -0.25) is 4.79 Å². The molecule has 1 aliphatic rings. The highest BCUT2D eigenvalue weighted by atomic mass is 79.9. The van der Waals surface area contributed by atoms with E-state index < -0.39 is 5.41 Å². The van der Waals surface area contributed by atoms with Gasteiger partial charge in [0.15, 0.2) is 0 Å². The highest BCUT2D eigenvalue weighted by molar-refractivity contribution is 9.09. The number of halogens is 1. The van der Waals surface area contributed by atoms with Gasteiger partial charge >= 0.3 is 5.97 Å². The van der Waals surface area contributed by atoms with Crippen molar-refractivity contribution in [2.45, 2.75) is 12.8 Å². The van der Waals surface area contributed by atoms with Gasteiger partial charge in [-0.1, -0.05) is 15.9 Å². The minimum Gasteiger partial charge on any atom is -0.501 e. The van der Waals surface area contributed by atoms with Crippen LogP contribution in [0.15, 0.2) is 23.7 Å². The third kappa shape index (κ3) is 3.03. The number of ether oxygens (including phenoxy) is 3. The third-order valence-electron chi connectivity index (χ3n) is 2.78. The first-order valence-corrected chi connectivity index (χ1v) is 6.40. The minimum atomic E-state index is -0.798. The molecule has 0 atom stereocenters. The number of hydrogen-bond acceptors (Lipinski definition) is 4. The fourth-order valence-corrected chi connectivity index (χ4v) is 2.52. The summed E-state index contributed by atoms with van der Waals surface area (Å²) in [5, 5.41) is 0.684. The molecular weight excluding hydrogens is 288 g/mol. The monoisotopic (exact) mass is 304 g/mol. The molecule has 0 aliphatic heterocycles. The van der Waals surface area contributed by atoms with Gasteiger partial charge in [0.05, 0.1) is 27.8 Å². The molecule has 1 aliphatic carbocycles. The molecule has 4 nitrogen and oxygen atoms in total. The van der Waals surface area contributed by atoms with Crippen molar-refractivity contribution >= 4 is 21.9 Å². The third-order valence-corrected chi connectivity index (χ3v) is 3.18. The maximum absolute atomic E-state index is 12.0. The van der Waals surface area contributed by atoms with Crippen LogP contribution >= 0.6 is 15.9 Å². The maximum Gasteiger partial charge on any atom is 0.319 e. The van der Waals surface area contributed by atoms with E-state index in [-0.39, 0.29) is 5.97 Å². The first kappa shape index (κ1) is 14.1. The molecule has 0 heterocycles. The van der Waals surface area contributed by atoms with Crippen LogP contribution in [0.5, 0.6) is 0 Å². The second-order valence-corrected chi connectivity index (χ2v) is 4.57. The predicted octanol–water partition coefficient (Wildman–Crippen LogP) is 2.40. The Labute approximate surface area is 110 Å². The van der Waals surface area contributed by atoms with Crippen LogP contribution < -0.4 is 0 Å². The van der Waals surface area contributed by atoms with E-state index in [2.05, 4.69) is 15.9 Å². The second kappa shape index (κ2) is 6.10. The molecule has 0 amide bonds. The first-order chi connectivity index (χ1) is 8.11. The van der Waals surface area contributed by atoms with Crippen molar-refractivity contribution in [3.8, 4) is 0 Å². The zero-order valence-corrected chi connectivity index (χ0v) is 11.9. The summed E-state index contributed by atoms with van der Waals surface area (Å²) in [6, 6.07) is 0. The summed E-state index contributed by atoms with van der Waals surface area (Å²) >= 11 is 3.35. The van der Waals surface area contributed by atoms with Crippen molar-refractivity contribution < 1.29 is 19.0 Å². The number of rotatable bonds is 5. The molecule has 0 N–H and O–H groups in total. The van der Waals surface area contributed by atoms with Crippen molar-refractivity contribution in [3.05, 3.63) is 23.7 Å². The molecule has 0 saturated carbocycles. The van der Waals surface area contributed by atoms with E-state index in [9.17, 15) is 4.79 Å². The number of alkyl halides is 1. The molecular formula is C12H17BrO4. The lowest BCUT2D eigenvalue weighted by Crippen LogP contribution is -2.32. The van der Waals surface area contributed by atoms with Gasteiger partial charge in [0.25, 0.3) is 0 Å². The Bertz CT molecular complexity index is 326. The number of carbonyl (C=O) groups is 1. The molecule has 0 aromatic rings. The second-order valence-electron chi connectivity index (χ2n) is 3.78. The fourth-order valence-electron chi connectivity index (χ4n) is 1.86. The first-order valence-electron chi connectivity index (χ1n) is 5.27. The lowest BCUT2D eigenvalue weighted by atomic mass is 9.80. The average molecular weight is 305 g/mol. The molecule has 5 heteroatoms. The van der Waals surface area contributed by atoms with Crippen molar-refractivity contribution in [2.75, 3.05) is 26.7 Å². The van der Waals surface area contributed by atoms with Crippen LogP contribution in [0.1, 0.15) is 12.8 Å². The van der Waals surface area contributed by atoms with Gasteiger partial charge in [0.1, 0.15) is 16.9 Å². The van der Waals surface area contributed by atoms with Gasteiger partial charge in [-0.15, -0.1) is 0 Å². The largest absolute Gasteiger partial charge is 0.501 e. The van der Waals surface area contributed by atoms with Crippen molar-refractivity contribution in [2.24, 2.45) is 5.41 Å². The number of esters is 1. The van der Waals surface area contributed by atoms with E-state index in [0.29, 0.717) is 18.2 Å². The lowest BCUT2D eigenvalue weighted by molar-refractivity contribution is -0.147. The van der Waals surface area contributed by atoms with Gasteiger partial charge in [0.2, 0.25) is 0 Å². The lowest BCUT2D eigenvalue weighted by Gasteiger charge is -2.29. The van der Waals surface area contributed by atoms with E-state index in [4.69, 9.17) is 14.2 Å². The van der Waals surface area contributed by atoms with Gasteiger partial charge in [-0.2, -0.15) is 0 Å². The van der Waals surface area contributed by atoms with Crippen LogP contribution in [0, 0.1) is 5.41 Å². The van der Waals surface area contributed by atoms with E-state index in [1.54, 1.807) is 14.2 Å². The molecule has 0 aromatic carbocycles. The smallest absolute Gasteiger partial charge is 0.319 e. The molecule has 0 saturated heterocycles. The summed E-state index contributed by atoms with van der Waals surface area (Å²) in [6.45, 7) is 0.